The first-order valence-electron chi connectivity index (χ1n) is 9.76. The molecule has 0 unspecified atom stereocenters. The summed E-state index contributed by atoms with van der Waals surface area (Å²) in [6.45, 7) is 0. The van der Waals surface area contributed by atoms with Crippen LogP contribution in [0.4, 0.5) is 15.8 Å². The molecular weight excluding hydrogens is 397 g/mol. The van der Waals surface area contributed by atoms with Gasteiger partial charge in [-0.15, -0.1) is 0 Å². The molecule has 1 aliphatic rings. The summed E-state index contributed by atoms with van der Waals surface area (Å²) < 4.78 is 24.8. The molecule has 0 fully saturated rings. The predicted octanol–water partition coefficient (Wildman–Crippen LogP) is 5.28. The number of nitrogens with one attached hydrogen (secondary N) is 1. The Kier molecular flexibility index (Phi) is 3.65. The zero-order valence-electron chi connectivity index (χ0n) is 16.0. The fourth-order valence-electron chi connectivity index (χ4n) is 4.38. The van der Waals surface area contributed by atoms with Crippen molar-refractivity contribution in [3.8, 4) is 0 Å². The van der Waals surface area contributed by atoms with Crippen molar-refractivity contribution in [1.82, 2.24) is 0 Å². The summed E-state index contributed by atoms with van der Waals surface area (Å²) in [5.41, 5.74) is 2.08. The Morgan fingerprint density at radius 1 is 0.677 bits per heavy atom. The lowest BCUT2D eigenvalue weighted by molar-refractivity contribution is 0.535. The molecule has 5 nitrogen and oxygen atoms in total. The van der Waals surface area contributed by atoms with Crippen LogP contribution in [0.5, 0.6) is 0 Å². The van der Waals surface area contributed by atoms with Crippen molar-refractivity contribution in [2.75, 3.05) is 5.32 Å². The topological polar surface area (TPSA) is 72.5 Å². The highest BCUT2D eigenvalue weighted by Crippen LogP contribution is 2.46. The minimum Gasteiger partial charge on any atom is -0.422 e. The summed E-state index contributed by atoms with van der Waals surface area (Å²) in [7, 11) is 0. The van der Waals surface area contributed by atoms with E-state index in [2.05, 4.69) is 5.32 Å². The molecule has 1 aliphatic heterocycles. The Hall–Kier alpha value is -4.19. The van der Waals surface area contributed by atoms with Crippen LogP contribution in [0.15, 0.2) is 91.2 Å². The Labute approximate surface area is 174 Å². The molecule has 0 amide bonds. The molecular formula is C25H14FNO4. The van der Waals surface area contributed by atoms with E-state index in [4.69, 9.17) is 8.83 Å². The predicted molar refractivity (Wildman–Crippen MR) is 116 cm³/mol. The van der Waals surface area contributed by atoms with Gasteiger partial charge in [-0.2, -0.15) is 0 Å². The van der Waals surface area contributed by atoms with E-state index in [1.165, 1.54) is 12.1 Å². The molecule has 6 heteroatoms. The Balaban J connectivity index is 1.79. The van der Waals surface area contributed by atoms with Gasteiger partial charge in [0.25, 0.3) is 0 Å². The molecule has 0 saturated heterocycles. The zero-order chi connectivity index (χ0) is 21.1. The third kappa shape index (κ3) is 2.55. The van der Waals surface area contributed by atoms with E-state index in [1.54, 1.807) is 36.4 Å². The highest BCUT2D eigenvalue weighted by molar-refractivity contribution is 6.02. The standard InChI is InChI=1S/C25H14FNO4/c26-14-11-9-13(10-12-14)19-20-22(15-5-1-3-7-17(15)30-24(20)28)27-23-16-6-2-4-8-18(16)31-25(29)21(19)23/h1-12,19,27H. The fraction of sp³-hybridized carbons (Fsp3) is 0.0400. The Morgan fingerprint density at radius 3 is 1.68 bits per heavy atom. The number of benzene rings is 3. The number of halogens is 1. The molecule has 1 N–H and O–H groups in total. The van der Waals surface area contributed by atoms with Gasteiger partial charge in [-0.25, -0.2) is 14.0 Å². The van der Waals surface area contributed by atoms with Gasteiger partial charge >= 0.3 is 11.3 Å². The van der Waals surface area contributed by atoms with E-state index in [9.17, 15) is 14.0 Å². The smallest absolute Gasteiger partial charge is 0.342 e. The van der Waals surface area contributed by atoms with E-state index in [0.717, 1.165) is 0 Å². The van der Waals surface area contributed by atoms with Gasteiger partial charge in [0.2, 0.25) is 0 Å². The second-order valence-corrected chi connectivity index (χ2v) is 7.46. The molecule has 3 heterocycles. The molecule has 0 spiro atoms. The third-order valence-corrected chi connectivity index (χ3v) is 5.73. The van der Waals surface area contributed by atoms with Gasteiger partial charge in [0.1, 0.15) is 17.0 Å². The van der Waals surface area contributed by atoms with Gasteiger partial charge in [-0.3, -0.25) is 0 Å². The van der Waals surface area contributed by atoms with Crippen molar-refractivity contribution in [3.05, 3.63) is 116 Å². The van der Waals surface area contributed by atoms with Crippen LogP contribution in [0, 0.1) is 5.82 Å². The first kappa shape index (κ1) is 17.7. The molecule has 5 aromatic rings. The van der Waals surface area contributed by atoms with Gasteiger partial charge in [0.05, 0.1) is 28.4 Å². The lowest BCUT2D eigenvalue weighted by Crippen LogP contribution is -2.27. The molecule has 0 saturated carbocycles. The summed E-state index contributed by atoms with van der Waals surface area (Å²) in [6, 6.07) is 20.2. The number of anilines is 2. The van der Waals surface area contributed by atoms with E-state index in [0.29, 0.717) is 50.0 Å². The molecule has 2 aromatic heterocycles. The van der Waals surface area contributed by atoms with Crippen LogP contribution in [0.1, 0.15) is 22.6 Å². The molecule has 0 aliphatic carbocycles. The summed E-state index contributed by atoms with van der Waals surface area (Å²) in [4.78, 5) is 26.2. The Bertz CT molecular complexity index is 1520. The molecule has 3 aromatic carbocycles. The number of para-hydroxylation sites is 2. The maximum atomic E-state index is 13.6. The van der Waals surface area contributed by atoms with Crippen LogP contribution in [0.25, 0.3) is 21.9 Å². The lowest BCUT2D eigenvalue weighted by Gasteiger charge is -2.29. The zero-order valence-corrected chi connectivity index (χ0v) is 16.0. The van der Waals surface area contributed by atoms with Crippen LogP contribution in [0.2, 0.25) is 0 Å². The van der Waals surface area contributed by atoms with Gasteiger partial charge in [-0.05, 0) is 42.0 Å². The van der Waals surface area contributed by atoms with Crippen molar-refractivity contribution in [2.45, 2.75) is 5.92 Å². The molecule has 0 bridgehead atoms. The van der Waals surface area contributed by atoms with E-state index in [1.807, 2.05) is 24.3 Å². The summed E-state index contributed by atoms with van der Waals surface area (Å²) in [5.74, 6) is -1.18. The number of fused-ring (bicyclic) bond motifs is 6. The van der Waals surface area contributed by atoms with Crippen LogP contribution in [-0.2, 0) is 0 Å². The van der Waals surface area contributed by atoms with Crippen LogP contribution >= 0.6 is 0 Å². The van der Waals surface area contributed by atoms with Crippen LogP contribution < -0.4 is 16.6 Å². The molecule has 0 radical (unpaired) electrons. The first-order valence-corrected chi connectivity index (χ1v) is 9.76. The molecule has 0 atom stereocenters. The van der Waals surface area contributed by atoms with E-state index >= 15 is 0 Å². The van der Waals surface area contributed by atoms with Gasteiger partial charge in [0.15, 0.2) is 0 Å². The van der Waals surface area contributed by atoms with Gasteiger partial charge in [0, 0.05) is 10.8 Å². The average molecular weight is 411 g/mol. The minimum atomic E-state index is -0.770. The lowest BCUT2D eigenvalue weighted by atomic mass is 9.81. The largest absolute Gasteiger partial charge is 0.422 e. The maximum Gasteiger partial charge on any atom is 0.342 e. The van der Waals surface area contributed by atoms with Crippen molar-refractivity contribution >= 4 is 33.3 Å². The third-order valence-electron chi connectivity index (χ3n) is 5.73. The van der Waals surface area contributed by atoms with Crippen LogP contribution in [0.3, 0.4) is 0 Å². The normalized spacial score (nSPS) is 13.1. The maximum absolute atomic E-state index is 13.6. The number of hydrogen-bond acceptors (Lipinski definition) is 5. The SMILES string of the molecule is O=c1oc2ccccc2c2c1C(c1ccc(F)cc1)c1c(c3ccccc3oc1=O)N2. The van der Waals surface area contributed by atoms with Crippen LogP contribution in [-0.4, -0.2) is 0 Å². The molecule has 150 valence electrons. The number of rotatable bonds is 1. The first-order chi connectivity index (χ1) is 15.1. The van der Waals surface area contributed by atoms with Gasteiger partial charge in [-0.1, -0.05) is 36.4 Å². The Morgan fingerprint density at radius 2 is 1.16 bits per heavy atom. The van der Waals surface area contributed by atoms with Crippen molar-refractivity contribution < 1.29 is 13.2 Å². The van der Waals surface area contributed by atoms with Crippen molar-refractivity contribution in [3.63, 3.8) is 0 Å². The van der Waals surface area contributed by atoms with Gasteiger partial charge < -0.3 is 14.2 Å². The second-order valence-electron chi connectivity index (χ2n) is 7.46. The number of hydrogen-bond donors (Lipinski definition) is 1. The fourth-order valence-corrected chi connectivity index (χ4v) is 4.38. The average Bonchev–Trinajstić information content (AvgIpc) is 2.79. The highest BCUT2D eigenvalue weighted by atomic mass is 19.1. The van der Waals surface area contributed by atoms with E-state index < -0.39 is 23.0 Å². The summed E-state index contributed by atoms with van der Waals surface area (Å²) in [6.07, 6.45) is 0. The quantitative estimate of drug-likeness (QED) is 0.373. The monoisotopic (exact) mass is 411 g/mol. The van der Waals surface area contributed by atoms with Crippen molar-refractivity contribution in [1.29, 1.82) is 0 Å². The molecule has 31 heavy (non-hydrogen) atoms. The summed E-state index contributed by atoms with van der Waals surface area (Å²) in [5, 5.41) is 4.76. The second kappa shape index (κ2) is 6.40. The van der Waals surface area contributed by atoms with Crippen molar-refractivity contribution in [2.24, 2.45) is 0 Å². The molecule has 6 rings (SSSR count). The summed E-state index contributed by atoms with van der Waals surface area (Å²) >= 11 is 0. The highest BCUT2D eigenvalue weighted by Gasteiger charge is 2.36. The van der Waals surface area contributed by atoms with E-state index in [-0.39, 0.29) is 0 Å². The minimum absolute atomic E-state index is 0.292.